The number of phenols is 1. The summed E-state index contributed by atoms with van der Waals surface area (Å²) in [5.74, 6) is 1.34. The fourth-order valence-corrected chi connectivity index (χ4v) is 2.37. The molecule has 24 heavy (non-hydrogen) atoms. The molecule has 0 fully saturated rings. The predicted octanol–water partition coefficient (Wildman–Crippen LogP) is 2.43. The van der Waals surface area contributed by atoms with Crippen LogP contribution in [0, 0.1) is 6.92 Å². The summed E-state index contributed by atoms with van der Waals surface area (Å²) in [7, 11) is 0. The lowest BCUT2D eigenvalue weighted by Crippen LogP contribution is -2.46. The zero-order chi connectivity index (χ0) is 17.7. The monoisotopic (exact) mass is 332 g/mol. The topological polar surface area (TPSA) is 94.7 Å². The number of amides is 2. The van der Waals surface area contributed by atoms with Crippen molar-refractivity contribution in [2.24, 2.45) is 0 Å². The van der Waals surface area contributed by atoms with Gasteiger partial charge in [0.15, 0.2) is 0 Å². The van der Waals surface area contributed by atoms with E-state index in [4.69, 9.17) is 4.42 Å². The molecule has 0 saturated heterocycles. The Morgan fingerprint density at radius 1 is 1.25 bits per heavy atom. The summed E-state index contributed by atoms with van der Waals surface area (Å²) < 4.78 is 5.41. The highest BCUT2D eigenvalue weighted by atomic mass is 16.4. The first-order valence-electron chi connectivity index (χ1n) is 7.88. The van der Waals surface area contributed by atoms with E-state index in [1.807, 2.05) is 19.1 Å². The minimum absolute atomic E-state index is 0.0394. The van der Waals surface area contributed by atoms with E-state index >= 15 is 0 Å². The summed E-state index contributed by atoms with van der Waals surface area (Å²) in [5, 5.41) is 25.1. The van der Waals surface area contributed by atoms with Crippen LogP contribution in [0.15, 0.2) is 40.8 Å². The van der Waals surface area contributed by atoms with Crippen LogP contribution in [-0.2, 0) is 12.0 Å². The van der Waals surface area contributed by atoms with Crippen molar-refractivity contribution >= 4 is 6.03 Å². The van der Waals surface area contributed by atoms with Gasteiger partial charge in [0.1, 0.15) is 22.9 Å². The van der Waals surface area contributed by atoms with E-state index < -0.39 is 5.60 Å². The minimum atomic E-state index is -1.27. The second-order valence-electron chi connectivity index (χ2n) is 6.28. The molecule has 6 nitrogen and oxygen atoms in total. The molecule has 2 aromatic rings. The molecule has 130 valence electrons. The lowest BCUT2D eigenvalue weighted by atomic mass is 10.0. The second-order valence-corrected chi connectivity index (χ2v) is 6.28. The summed E-state index contributed by atoms with van der Waals surface area (Å²) in [6.45, 7) is 5.31. The lowest BCUT2D eigenvalue weighted by molar-refractivity contribution is 0.0359. The van der Waals surface area contributed by atoms with Gasteiger partial charge in [0.2, 0.25) is 0 Å². The van der Waals surface area contributed by atoms with Crippen LogP contribution < -0.4 is 10.6 Å². The van der Waals surface area contributed by atoms with Crippen molar-refractivity contribution in [3.8, 4) is 5.75 Å². The van der Waals surface area contributed by atoms with Crippen LogP contribution in [0.3, 0.4) is 0 Å². The molecule has 2 unspecified atom stereocenters. The molecule has 1 heterocycles. The quantitative estimate of drug-likeness (QED) is 0.653. The number of urea groups is 1. The van der Waals surface area contributed by atoms with E-state index in [1.54, 1.807) is 38.1 Å². The smallest absolute Gasteiger partial charge is 0.315 e. The molecule has 0 spiro atoms. The van der Waals surface area contributed by atoms with Gasteiger partial charge in [0.25, 0.3) is 0 Å². The minimum Gasteiger partial charge on any atom is -0.508 e. The Morgan fingerprint density at radius 3 is 2.50 bits per heavy atom. The van der Waals surface area contributed by atoms with E-state index in [0.717, 1.165) is 5.56 Å². The van der Waals surface area contributed by atoms with E-state index in [0.29, 0.717) is 17.9 Å². The van der Waals surface area contributed by atoms with Gasteiger partial charge in [-0.15, -0.1) is 0 Å². The van der Waals surface area contributed by atoms with Crippen LogP contribution in [0.1, 0.15) is 30.9 Å². The third-order valence-electron chi connectivity index (χ3n) is 3.72. The number of nitrogens with one attached hydrogen (secondary N) is 2. The van der Waals surface area contributed by atoms with Crippen molar-refractivity contribution in [1.29, 1.82) is 0 Å². The van der Waals surface area contributed by atoms with Crippen LogP contribution in [0.5, 0.6) is 5.75 Å². The van der Waals surface area contributed by atoms with Gasteiger partial charge in [0.05, 0.1) is 6.54 Å². The molecule has 0 saturated carbocycles. The van der Waals surface area contributed by atoms with E-state index in [1.165, 1.54) is 0 Å². The maximum atomic E-state index is 12.0. The molecule has 0 bridgehead atoms. The number of hydrogen-bond acceptors (Lipinski definition) is 4. The highest BCUT2D eigenvalue weighted by Crippen LogP contribution is 2.21. The van der Waals surface area contributed by atoms with Gasteiger partial charge in [-0.05, 0) is 57.0 Å². The first-order valence-corrected chi connectivity index (χ1v) is 7.88. The number of furan rings is 1. The number of rotatable bonds is 6. The Morgan fingerprint density at radius 2 is 1.92 bits per heavy atom. The van der Waals surface area contributed by atoms with E-state index in [9.17, 15) is 15.0 Å². The molecule has 4 N–H and O–H groups in total. The number of aromatic hydroxyl groups is 1. The third kappa shape index (κ3) is 5.03. The maximum Gasteiger partial charge on any atom is 0.315 e. The molecule has 2 rings (SSSR count). The molecule has 0 aliphatic carbocycles. The standard InChI is InChI=1S/C18H24N2O4/c1-12(10-14-5-7-15(21)8-6-14)20-17(22)19-11-18(3,23)16-9-4-13(2)24-16/h4-9,12,21,23H,10-11H2,1-3H3,(H2,19,20,22). The number of carbonyl (C=O) groups excluding carboxylic acids is 1. The number of benzene rings is 1. The molecule has 6 heteroatoms. The highest BCUT2D eigenvalue weighted by molar-refractivity contribution is 5.74. The van der Waals surface area contributed by atoms with Gasteiger partial charge in [0, 0.05) is 6.04 Å². The Labute approximate surface area is 141 Å². The van der Waals surface area contributed by atoms with Crippen molar-refractivity contribution in [1.82, 2.24) is 10.6 Å². The van der Waals surface area contributed by atoms with Gasteiger partial charge in [-0.2, -0.15) is 0 Å². The fraction of sp³-hybridized carbons (Fsp3) is 0.389. The fourth-order valence-electron chi connectivity index (χ4n) is 2.37. The average molecular weight is 332 g/mol. The molecule has 2 amide bonds. The van der Waals surface area contributed by atoms with Crippen LogP contribution in [-0.4, -0.2) is 28.8 Å². The van der Waals surface area contributed by atoms with Crippen molar-refractivity contribution in [3.05, 3.63) is 53.5 Å². The number of hydrogen-bond donors (Lipinski definition) is 4. The summed E-state index contributed by atoms with van der Waals surface area (Å²) in [4.78, 5) is 12.0. The zero-order valence-electron chi connectivity index (χ0n) is 14.2. The SMILES string of the molecule is Cc1ccc(C(C)(O)CNC(=O)NC(C)Cc2ccc(O)cc2)o1. The summed E-state index contributed by atoms with van der Waals surface area (Å²) in [6.07, 6.45) is 0.640. The largest absolute Gasteiger partial charge is 0.508 e. The average Bonchev–Trinajstić information content (AvgIpc) is 2.95. The van der Waals surface area contributed by atoms with Gasteiger partial charge >= 0.3 is 6.03 Å². The molecule has 2 atom stereocenters. The highest BCUT2D eigenvalue weighted by Gasteiger charge is 2.27. The molecule has 1 aromatic heterocycles. The predicted molar refractivity (Wildman–Crippen MR) is 90.8 cm³/mol. The first-order chi connectivity index (χ1) is 11.3. The molecular formula is C18H24N2O4. The Bertz CT molecular complexity index is 677. The van der Waals surface area contributed by atoms with Crippen LogP contribution in [0.4, 0.5) is 4.79 Å². The number of aryl methyl sites for hydroxylation is 1. The summed E-state index contributed by atoms with van der Waals surface area (Å²) >= 11 is 0. The van der Waals surface area contributed by atoms with Crippen LogP contribution >= 0.6 is 0 Å². The second kappa shape index (κ2) is 7.40. The van der Waals surface area contributed by atoms with Crippen LogP contribution in [0.2, 0.25) is 0 Å². The van der Waals surface area contributed by atoms with Crippen molar-refractivity contribution in [2.75, 3.05) is 6.54 Å². The molecule has 0 aliphatic rings. The molecular weight excluding hydrogens is 308 g/mol. The van der Waals surface area contributed by atoms with Crippen molar-refractivity contribution in [3.63, 3.8) is 0 Å². The summed E-state index contributed by atoms with van der Waals surface area (Å²) in [6, 6.07) is 9.88. The molecule has 0 aliphatic heterocycles. The van der Waals surface area contributed by atoms with E-state index in [-0.39, 0.29) is 24.4 Å². The normalized spacial score (nSPS) is 14.7. The Hall–Kier alpha value is -2.47. The number of aliphatic hydroxyl groups is 1. The Kier molecular flexibility index (Phi) is 5.51. The van der Waals surface area contributed by atoms with Gasteiger partial charge < -0.3 is 25.3 Å². The number of phenolic OH excluding ortho intramolecular Hbond substituents is 1. The van der Waals surface area contributed by atoms with Gasteiger partial charge in [-0.25, -0.2) is 4.79 Å². The maximum absolute atomic E-state index is 12.0. The zero-order valence-corrected chi connectivity index (χ0v) is 14.2. The van der Waals surface area contributed by atoms with Crippen molar-refractivity contribution < 1.29 is 19.4 Å². The summed E-state index contributed by atoms with van der Waals surface area (Å²) in [5.41, 5.74) is -0.259. The van der Waals surface area contributed by atoms with Gasteiger partial charge in [-0.3, -0.25) is 0 Å². The lowest BCUT2D eigenvalue weighted by Gasteiger charge is -2.22. The van der Waals surface area contributed by atoms with Crippen molar-refractivity contribution in [2.45, 2.75) is 38.8 Å². The molecule has 0 radical (unpaired) electrons. The van der Waals surface area contributed by atoms with Crippen LogP contribution in [0.25, 0.3) is 0 Å². The third-order valence-corrected chi connectivity index (χ3v) is 3.72. The van der Waals surface area contributed by atoms with E-state index in [2.05, 4.69) is 10.6 Å². The molecule has 1 aromatic carbocycles. The Balaban J connectivity index is 1.81. The van der Waals surface area contributed by atoms with Gasteiger partial charge in [-0.1, -0.05) is 12.1 Å². The first kappa shape index (κ1) is 17.9. The number of carbonyl (C=O) groups is 1.